The van der Waals surface area contributed by atoms with Crippen LogP contribution in [0.25, 0.3) is 0 Å². The van der Waals surface area contributed by atoms with Gasteiger partial charge in [-0.1, -0.05) is 30.5 Å². The average molecular weight is 340 g/mol. The number of benzene rings is 1. The Balaban J connectivity index is 1.53. The largest absolute Gasteiger partial charge is 0.311 e. The van der Waals surface area contributed by atoms with E-state index in [1.807, 2.05) is 19.1 Å². The second-order valence-electron chi connectivity index (χ2n) is 7.54. The van der Waals surface area contributed by atoms with Gasteiger partial charge in [0.1, 0.15) is 6.54 Å². The monoisotopic (exact) mass is 340 g/mol. The summed E-state index contributed by atoms with van der Waals surface area (Å²) in [5.74, 6) is -0.797. The van der Waals surface area contributed by atoms with Crippen LogP contribution in [0, 0.1) is 18.8 Å². The van der Waals surface area contributed by atoms with E-state index in [-0.39, 0.29) is 36.1 Å². The molecule has 4 rings (SSSR count). The first-order chi connectivity index (χ1) is 12.1. The summed E-state index contributed by atoms with van der Waals surface area (Å²) in [6, 6.07) is 6.11. The number of anilines is 1. The molecule has 2 heterocycles. The molecule has 132 valence electrons. The maximum atomic E-state index is 12.9. The Morgan fingerprint density at radius 3 is 2.44 bits per heavy atom. The molecule has 5 nitrogen and oxygen atoms in total. The van der Waals surface area contributed by atoms with Gasteiger partial charge in [0, 0.05) is 12.2 Å². The zero-order valence-corrected chi connectivity index (χ0v) is 14.7. The van der Waals surface area contributed by atoms with Gasteiger partial charge >= 0.3 is 0 Å². The lowest BCUT2D eigenvalue weighted by atomic mass is 9.81. The third-order valence-electron chi connectivity index (χ3n) is 5.88. The van der Waals surface area contributed by atoms with Crippen LogP contribution < -0.4 is 4.90 Å². The fourth-order valence-electron chi connectivity index (χ4n) is 4.59. The number of rotatable bonds is 2. The normalized spacial score (nSPS) is 25.8. The smallest absolute Gasteiger partial charge is 0.247 e. The van der Waals surface area contributed by atoms with Gasteiger partial charge in [-0.3, -0.25) is 19.3 Å². The van der Waals surface area contributed by atoms with Gasteiger partial charge in [0.05, 0.1) is 11.8 Å². The lowest BCUT2D eigenvalue weighted by Crippen LogP contribution is -2.45. The lowest BCUT2D eigenvalue weighted by molar-refractivity contribution is -0.143. The van der Waals surface area contributed by atoms with Crippen LogP contribution in [0.5, 0.6) is 0 Å². The first-order valence-corrected chi connectivity index (χ1v) is 9.31. The van der Waals surface area contributed by atoms with Crippen LogP contribution in [0.3, 0.4) is 0 Å². The zero-order valence-electron chi connectivity index (χ0n) is 14.7. The van der Waals surface area contributed by atoms with Crippen LogP contribution in [0.2, 0.25) is 0 Å². The predicted molar refractivity (Wildman–Crippen MR) is 94.0 cm³/mol. The van der Waals surface area contributed by atoms with Crippen molar-refractivity contribution in [2.24, 2.45) is 11.8 Å². The maximum absolute atomic E-state index is 12.9. The van der Waals surface area contributed by atoms with Gasteiger partial charge in [0.2, 0.25) is 17.7 Å². The Hall–Kier alpha value is -2.17. The van der Waals surface area contributed by atoms with Gasteiger partial charge in [0.25, 0.3) is 0 Å². The number of amides is 3. The Morgan fingerprint density at radius 1 is 1.08 bits per heavy atom. The predicted octanol–water partition coefficient (Wildman–Crippen LogP) is 2.45. The SMILES string of the molecule is Cc1ccc2c(c1)CCCN2C(=O)CN1C(=O)C2CCCCC2C1=O. The van der Waals surface area contributed by atoms with Gasteiger partial charge in [-0.15, -0.1) is 0 Å². The minimum Gasteiger partial charge on any atom is -0.311 e. The molecule has 3 aliphatic rings. The number of carbonyl (C=O) groups is 3. The highest BCUT2D eigenvalue weighted by Gasteiger charge is 2.48. The Kier molecular flexibility index (Phi) is 4.10. The maximum Gasteiger partial charge on any atom is 0.247 e. The number of nitrogens with zero attached hydrogens (tertiary/aromatic N) is 2. The lowest BCUT2D eigenvalue weighted by Gasteiger charge is -2.31. The molecule has 2 unspecified atom stereocenters. The average Bonchev–Trinajstić information content (AvgIpc) is 2.86. The number of hydrogen-bond donors (Lipinski definition) is 0. The summed E-state index contributed by atoms with van der Waals surface area (Å²) in [6.07, 6.45) is 5.45. The van der Waals surface area contributed by atoms with Crippen LogP contribution in [0.4, 0.5) is 5.69 Å². The van der Waals surface area contributed by atoms with Crippen molar-refractivity contribution in [2.75, 3.05) is 18.0 Å². The van der Waals surface area contributed by atoms with Crippen LogP contribution in [-0.2, 0) is 20.8 Å². The highest BCUT2D eigenvalue weighted by Crippen LogP contribution is 2.38. The molecule has 1 saturated carbocycles. The molecule has 2 aliphatic heterocycles. The Labute approximate surface area is 148 Å². The molecule has 25 heavy (non-hydrogen) atoms. The summed E-state index contributed by atoms with van der Waals surface area (Å²) in [5, 5.41) is 0. The van der Waals surface area contributed by atoms with Crippen molar-refractivity contribution in [3.63, 3.8) is 0 Å². The van der Waals surface area contributed by atoms with Crippen molar-refractivity contribution in [2.45, 2.75) is 45.4 Å². The summed E-state index contributed by atoms with van der Waals surface area (Å²) in [6.45, 7) is 2.58. The van der Waals surface area contributed by atoms with Crippen LogP contribution >= 0.6 is 0 Å². The van der Waals surface area contributed by atoms with Crippen molar-refractivity contribution >= 4 is 23.4 Å². The van der Waals surface area contributed by atoms with Gasteiger partial charge in [-0.05, 0) is 44.2 Å². The third kappa shape index (κ3) is 2.75. The second-order valence-corrected chi connectivity index (χ2v) is 7.54. The molecule has 3 amide bonds. The summed E-state index contributed by atoms with van der Waals surface area (Å²) in [5.41, 5.74) is 3.28. The third-order valence-corrected chi connectivity index (χ3v) is 5.88. The van der Waals surface area contributed by atoms with E-state index in [2.05, 4.69) is 6.07 Å². The Bertz CT molecular complexity index is 718. The molecule has 0 bridgehead atoms. The number of aryl methyl sites for hydroxylation is 2. The van der Waals surface area contributed by atoms with Gasteiger partial charge in [-0.2, -0.15) is 0 Å². The van der Waals surface area contributed by atoms with E-state index in [0.29, 0.717) is 6.54 Å². The van der Waals surface area contributed by atoms with E-state index >= 15 is 0 Å². The van der Waals surface area contributed by atoms with E-state index in [9.17, 15) is 14.4 Å². The van der Waals surface area contributed by atoms with Crippen LogP contribution in [0.1, 0.15) is 43.2 Å². The first kappa shape index (κ1) is 16.3. The van der Waals surface area contributed by atoms with E-state index in [1.165, 1.54) is 16.0 Å². The van der Waals surface area contributed by atoms with E-state index in [1.54, 1.807) is 4.90 Å². The molecule has 1 aromatic carbocycles. The first-order valence-electron chi connectivity index (χ1n) is 9.31. The number of imide groups is 1. The second kappa shape index (κ2) is 6.28. The summed E-state index contributed by atoms with van der Waals surface area (Å²) < 4.78 is 0. The number of hydrogen-bond acceptors (Lipinski definition) is 3. The molecule has 1 aromatic rings. The van der Waals surface area contributed by atoms with Gasteiger partial charge < -0.3 is 4.90 Å². The number of carbonyl (C=O) groups excluding carboxylic acids is 3. The van der Waals surface area contributed by atoms with Gasteiger partial charge in [0.15, 0.2) is 0 Å². The number of fused-ring (bicyclic) bond motifs is 2. The molecule has 1 aliphatic carbocycles. The van der Waals surface area contributed by atoms with Crippen molar-refractivity contribution in [1.82, 2.24) is 4.90 Å². The number of likely N-dealkylation sites (tertiary alicyclic amines) is 1. The molecule has 0 spiro atoms. The standard InChI is InChI=1S/C20H24N2O3/c1-13-8-9-17-14(11-13)5-4-10-21(17)18(23)12-22-19(24)15-6-2-3-7-16(15)20(22)25/h8-9,11,15-16H,2-7,10,12H2,1H3. The van der Waals surface area contributed by atoms with Crippen molar-refractivity contribution in [1.29, 1.82) is 0 Å². The topological polar surface area (TPSA) is 57.7 Å². The molecule has 1 saturated heterocycles. The summed E-state index contributed by atoms with van der Waals surface area (Å²) >= 11 is 0. The molecule has 0 aromatic heterocycles. The highest BCUT2D eigenvalue weighted by molar-refractivity contribution is 6.09. The molecule has 2 atom stereocenters. The summed E-state index contributed by atoms with van der Waals surface area (Å²) in [7, 11) is 0. The fraction of sp³-hybridized carbons (Fsp3) is 0.550. The molecule has 5 heteroatoms. The molecular formula is C20H24N2O3. The van der Waals surface area contributed by atoms with Crippen LogP contribution in [-0.4, -0.2) is 35.7 Å². The molecule has 0 radical (unpaired) electrons. The van der Waals surface area contributed by atoms with E-state index in [0.717, 1.165) is 44.2 Å². The molecule has 2 fully saturated rings. The fourth-order valence-corrected chi connectivity index (χ4v) is 4.59. The Morgan fingerprint density at radius 2 is 1.76 bits per heavy atom. The molecular weight excluding hydrogens is 316 g/mol. The zero-order chi connectivity index (χ0) is 17.6. The minimum atomic E-state index is -0.189. The summed E-state index contributed by atoms with van der Waals surface area (Å²) in [4.78, 5) is 41.0. The minimum absolute atomic E-state index is 0.113. The van der Waals surface area contributed by atoms with Crippen molar-refractivity contribution in [3.8, 4) is 0 Å². The van der Waals surface area contributed by atoms with E-state index in [4.69, 9.17) is 0 Å². The van der Waals surface area contributed by atoms with Gasteiger partial charge in [-0.25, -0.2) is 0 Å². The van der Waals surface area contributed by atoms with Crippen molar-refractivity contribution in [3.05, 3.63) is 29.3 Å². The quantitative estimate of drug-likeness (QED) is 0.777. The van der Waals surface area contributed by atoms with E-state index < -0.39 is 0 Å². The van der Waals surface area contributed by atoms with Crippen molar-refractivity contribution < 1.29 is 14.4 Å². The molecule has 0 N–H and O–H groups in total. The highest BCUT2D eigenvalue weighted by atomic mass is 16.2. The van der Waals surface area contributed by atoms with Crippen LogP contribution in [0.15, 0.2) is 18.2 Å².